The highest BCUT2D eigenvalue weighted by molar-refractivity contribution is 8.02. The number of aryl methyl sites for hydroxylation is 1. The molecule has 1 aliphatic rings. The van der Waals surface area contributed by atoms with Crippen LogP contribution in [0.15, 0.2) is 9.85 Å². The lowest BCUT2D eigenvalue weighted by molar-refractivity contribution is -0.115. The van der Waals surface area contributed by atoms with Crippen molar-refractivity contribution < 1.29 is 4.79 Å². The number of thioether (sulfide) groups is 1. The normalized spacial score (nSPS) is 15.3. The lowest BCUT2D eigenvalue weighted by atomic mass is 10.1. The number of carbonyl (C=O) groups is 1. The van der Waals surface area contributed by atoms with Crippen molar-refractivity contribution in [1.29, 1.82) is 5.26 Å². The number of nitriles is 1. The van der Waals surface area contributed by atoms with Gasteiger partial charge in [-0.25, -0.2) is 0 Å². The summed E-state index contributed by atoms with van der Waals surface area (Å²) < 4.78 is 0.773. The molecule has 120 valence electrons. The zero-order valence-corrected chi connectivity index (χ0v) is 15.1. The molecule has 1 amide bonds. The number of hydrogen-bond acceptors (Lipinski definition) is 7. The predicted molar refractivity (Wildman–Crippen MR) is 94.2 cm³/mol. The van der Waals surface area contributed by atoms with Crippen LogP contribution < -0.4 is 5.32 Å². The molecule has 2 aromatic rings. The maximum Gasteiger partial charge on any atom is 0.238 e. The maximum atomic E-state index is 12.4. The average Bonchev–Trinajstić information content (AvgIpc) is 3.09. The molecular weight excluding hydrogens is 348 g/mol. The van der Waals surface area contributed by atoms with Gasteiger partial charge in [-0.2, -0.15) is 5.26 Å². The molecule has 1 atom stereocenters. The number of carbonyl (C=O) groups excluding carboxylic acids is 1. The minimum absolute atomic E-state index is 0.0990. The van der Waals surface area contributed by atoms with Gasteiger partial charge in [-0.05, 0) is 38.2 Å². The Kier molecular flexibility index (Phi) is 5.30. The standard InChI is InChI=1S/C15H16N4OS3/c1-9(22-15-19-17-8-21-15)13(20)18-14-11(7-16)10-5-3-2-4-6-12(10)23-14/h8-9H,2-6H2,1H3,(H,18,20). The number of amides is 1. The molecule has 23 heavy (non-hydrogen) atoms. The first-order chi connectivity index (χ1) is 11.2. The fraction of sp³-hybridized carbons (Fsp3) is 0.467. The van der Waals surface area contributed by atoms with E-state index in [1.807, 2.05) is 6.92 Å². The second-order valence-electron chi connectivity index (χ2n) is 5.33. The smallest absolute Gasteiger partial charge is 0.238 e. The van der Waals surface area contributed by atoms with Crippen LogP contribution in [0.1, 0.15) is 42.2 Å². The quantitative estimate of drug-likeness (QED) is 0.658. The zero-order chi connectivity index (χ0) is 16.2. The lowest BCUT2D eigenvalue weighted by Crippen LogP contribution is -2.22. The minimum Gasteiger partial charge on any atom is -0.316 e. The average molecular weight is 365 g/mol. The van der Waals surface area contributed by atoms with Gasteiger partial charge in [-0.1, -0.05) is 29.5 Å². The van der Waals surface area contributed by atoms with E-state index in [4.69, 9.17) is 0 Å². The van der Waals surface area contributed by atoms with Crippen molar-refractivity contribution in [3.63, 3.8) is 0 Å². The Bertz CT molecular complexity index is 733. The molecule has 0 saturated carbocycles. The highest BCUT2D eigenvalue weighted by Gasteiger charge is 2.23. The number of anilines is 1. The van der Waals surface area contributed by atoms with Crippen molar-refractivity contribution >= 4 is 45.3 Å². The summed E-state index contributed by atoms with van der Waals surface area (Å²) in [5.41, 5.74) is 3.46. The van der Waals surface area contributed by atoms with E-state index in [0.717, 1.165) is 35.6 Å². The third kappa shape index (κ3) is 3.74. The molecule has 8 heteroatoms. The van der Waals surface area contributed by atoms with E-state index < -0.39 is 0 Å². The Morgan fingerprint density at radius 1 is 1.43 bits per heavy atom. The number of rotatable bonds is 4. The van der Waals surface area contributed by atoms with Gasteiger partial charge in [0.25, 0.3) is 0 Å². The minimum atomic E-state index is -0.281. The molecule has 0 aliphatic heterocycles. The Morgan fingerprint density at radius 3 is 3.00 bits per heavy atom. The molecule has 0 aromatic carbocycles. The molecule has 0 fully saturated rings. The molecule has 0 bridgehead atoms. The van der Waals surface area contributed by atoms with E-state index in [0.29, 0.717) is 10.6 Å². The summed E-state index contributed by atoms with van der Waals surface area (Å²) >= 11 is 4.37. The van der Waals surface area contributed by atoms with Gasteiger partial charge in [0.1, 0.15) is 16.6 Å². The van der Waals surface area contributed by atoms with Crippen LogP contribution in [0.4, 0.5) is 5.00 Å². The van der Waals surface area contributed by atoms with E-state index in [1.165, 1.54) is 34.4 Å². The van der Waals surface area contributed by atoms with Crippen molar-refractivity contribution in [2.45, 2.75) is 48.6 Å². The predicted octanol–water partition coefficient (Wildman–Crippen LogP) is 3.86. The fourth-order valence-electron chi connectivity index (χ4n) is 2.58. The summed E-state index contributed by atoms with van der Waals surface area (Å²) in [6, 6.07) is 2.29. The molecule has 1 N–H and O–H groups in total. The summed E-state index contributed by atoms with van der Waals surface area (Å²) in [4.78, 5) is 13.7. The van der Waals surface area contributed by atoms with Gasteiger partial charge in [-0.15, -0.1) is 21.5 Å². The summed E-state index contributed by atoms with van der Waals surface area (Å²) in [5.74, 6) is -0.0990. The van der Waals surface area contributed by atoms with Gasteiger partial charge < -0.3 is 5.32 Å². The molecule has 3 rings (SSSR count). The summed E-state index contributed by atoms with van der Waals surface area (Å²) in [7, 11) is 0. The number of nitrogens with zero attached hydrogens (tertiary/aromatic N) is 3. The number of nitrogens with one attached hydrogen (secondary N) is 1. The summed E-state index contributed by atoms with van der Waals surface area (Å²) in [6.45, 7) is 1.84. The topological polar surface area (TPSA) is 78.7 Å². The number of aromatic nitrogens is 2. The van der Waals surface area contributed by atoms with Gasteiger partial charge in [0.15, 0.2) is 4.34 Å². The van der Waals surface area contributed by atoms with E-state index in [9.17, 15) is 10.1 Å². The molecule has 5 nitrogen and oxygen atoms in total. The Labute approximate surface area is 147 Å². The van der Waals surface area contributed by atoms with Crippen molar-refractivity contribution in [2.75, 3.05) is 5.32 Å². The zero-order valence-electron chi connectivity index (χ0n) is 12.7. The van der Waals surface area contributed by atoms with Crippen LogP contribution in [0.5, 0.6) is 0 Å². The largest absolute Gasteiger partial charge is 0.316 e. The van der Waals surface area contributed by atoms with Crippen LogP contribution in [0.2, 0.25) is 0 Å². The summed E-state index contributed by atoms with van der Waals surface area (Å²) in [6.07, 6.45) is 5.45. The molecule has 2 aromatic heterocycles. The number of hydrogen-bond donors (Lipinski definition) is 1. The first-order valence-corrected chi connectivity index (χ1v) is 10.0. The fourth-order valence-corrected chi connectivity index (χ4v) is 5.45. The van der Waals surface area contributed by atoms with Crippen LogP contribution in [-0.2, 0) is 17.6 Å². The van der Waals surface area contributed by atoms with E-state index in [1.54, 1.807) is 16.8 Å². The van der Waals surface area contributed by atoms with Crippen LogP contribution in [0.3, 0.4) is 0 Å². The first kappa shape index (κ1) is 16.4. The van der Waals surface area contributed by atoms with Gasteiger partial charge in [0.2, 0.25) is 5.91 Å². The molecule has 1 unspecified atom stereocenters. The van der Waals surface area contributed by atoms with E-state index >= 15 is 0 Å². The van der Waals surface area contributed by atoms with E-state index in [-0.39, 0.29) is 11.2 Å². The Morgan fingerprint density at radius 2 is 2.26 bits per heavy atom. The lowest BCUT2D eigenvalue weighted by Gasteiger charge is -2.09. The Hall–Kier alpha value is -1.43. The number of fused-ring (bicyclic) bond motifs is 1. The summed E-state index contributed by atoms with van der Waals surface area (Å²) in [5, 5.41) is 20.6. The van der Waals surface area contributed by atoms with Crippen LogP contribution in [0, 0.1) is 11.3 Å². The monoisotopic (exact) mass is 364 g/mol. The maximum absolute atomic E-state index is 12.4. The number of thiophene rings is 1. The van der Waals surface area contributed by atoms with Crippen molar-refractivity contribution in [2.24, 2.45) is 0 Å². The third-order valence-corrected chi connectivity index (χ3v) is 6.88. The highest BCUT2D eigenvalue weighted by atomic mass is 32.2. The molecule has 0 spiro atoms. The van der Waals surface area contributed by atoms with Gasteiger partial charge in [0.05, 0.1) is 10.8 Å². The molecule has 0 radical (unpaired) electrons. The Balaban J connectivity index is 1.74. The third-order valence-electron chi connectivity index (χ3n) is 3.76. The van der Waals surface area contributed by atoms with E-state index in [2.05, 4.69) is 21.6 Å². The molecular formula is C15H16N4OS3. The van der Waals surface area contributed by atoms with Crippen LogP contribution >= 0.6 is 34.4 Å². The SMILES string of the molecule is CC(Sc1nncs1)C(=O)Nc1sc2c(c1C#N)CCCCC2. The molecule has 1 aliphatic carbocycles. The second-order valence-corrected chi connectivity index (χ2v) is 8.86. The van der Waals surface area contributed by atoms with Crippen molar-refractivity contribution in [3.8, 4) is 6.07 Å². The van der Waals surface area contributed by atoms with Crippen LogP contribution in [-0.4, -0.2) is 21.4 Å². The van der Waals surface area contributed by atoms with Crippen molar-refractivity contribution in [3.05, 3.63) is 21.5 Å². The second kappa shape index (κ2) is 7.43. The highest BCUT2D eigenvalue weighted by Crippen LogP contribution is 2.37. The van der Waals surface area contributed by atoms with Gasteiger partial charge >= 0.3 is 0 Å². The van der Waals surface area contributed by atoms with Gasteiger partial charge in [0, 0.05) is 4.88 Å². The molecule has 2 heterocycles. The van der Waals surface area contributed by atoms with Crippen molar-refractivity contribution in [1.82, 2.24) is 10.2 Å². The first-order valence-electron chi connectivity index (χ1n) is 7.47. The van der Waals surface area contributed by atoms with Crippen LogP contribution in [0.25, 0.3) is 0 Å². The van der Waals surface area contributed by atoms with Gasteiger partial charge in [-0.3, -0.25) is 4.79 Å². The molecule has 0 saturated heterocycles.